The molecule has 4 aliphatic rings. The fourth-order valence-electron chi connectivity index (χ4n) is 12.9. The summed E-state index contributed by atoms with van der Waals surface area (Å²) in [5.41, 5.74) is 18.3. The summed E-state index contributed by atoms with van der Waals surface area (Å²) >= 11 is 0. The van der Waals surface area contributed by atoms with Gasteiger partial charge in [-0.1, -0.05) is 111 Å². The Morgan fingerprint density at radius 1 is 0.607 bits per heavy atom. The molecule has 0 bridgehead atoms. The quantitative estimate of drug-likeness (QED) is 0.0501. The summed E-state index contributed by atoms with van der Waals surface area (Å²) in [6.45, 7) is 17.0. The van der Waals surface area contributed by atoms with Crippen molar-refractivity contribution in [1.29, 1.82) is 0 Å². The molecule has 4 rings (SSSR count). The molecular weight excluding hydrogens is 693 g/mol. The van der Waals surface area contributed by atoms with E-state index in [2.05, 4.69) is 33.0 Å². The maximum atomic E-state index is 7.07. The van der Waals surface area contributed by atoms with Gasteiger partial charge in [-0.15, -0.1) is 0 Å². The smallest absolute Gasteiger partial charge is 0.0637 e. The molecule has 4 saturated carbocycles. The van der Waals surface area contributed by atoms with Crippen molar-refractivity contribution < 1.29 is 14.2 Å². The first kappa shape index (κ1) is 48.4. The van der Waals surface area contributed by atoms with Crippen molar-refractivity contribution in [3.05, 3.63) is 0 Å². The first-order chi connectivity index (χ1) is 27.3. The monoisotopic (exact) mass is 789 g/mol. The van der Waals surface area contributed by atoms with E-state index in [1.165, 1.54) is 148 Å². The molecule has 7 heteroatoms. The molecule has 0 aromatic carbocycles. The fraction of sp³-hybridized carbons (Fsp3) is 1.00. The van der Waals surface area contributed by atoms with E-state index in [-0.39, 0.29) is 5.41 Å². The second-order valence-electron chi connectivity index (χ2n) is 19.9. The van der Waals surface area contributed by atoms with Crippen molar-refractivity contribution in [2.75, 3.05) is 52.5 Å². The topological polar surface area (TPSA) is 118 Å². The Balaban J connectivity index is 1.26. The van der Waals surface area contributed by atoms with Gasteiger partial charge in [-0.25, -0.2) is 0 Å². The molecule has 11 atom stereocenters. The van der Waals surface area contributed by atoms with Gasteiger partial charge in [0.05, 0.1) is 18.3 Å². The van der Waals surface area contributed by atoms with E-state index in [0.717, 1.165) is 52.0 Å². The molecule has 0 radical (unpaired) electrons. The molecule has 7 N–H and O–H groups in total. The minimum absolute atomic E-state index is 0.179. The van der Waals surface area contributed by atoms with Gasteiger partial charge >= 0.3 is 0 Å². The number of rotatable bonds is 32. The highest BCUT2D eigenvalue weighted by Gasteiger charge is 2.66. The van der Waals surface area contributed by atoms with Crippen molar-refractivity contribution >= 4 is 0 Å². The molecule has 4 fully saturated rings. The van der Waals surface area contributed by atoms with Crippen LogP contribution in [0.25, 0.3) is 0 Å². The molecule has 330 valence electrons. The molecule has 0 aliphatic heterocycles. The van der Waals surface area contributed by atoms with Crippen LogP contribution in [0.1, 0.15) is 195 Å². The summed E-state index contributed by atoms with van der Waals surface area (Å²) in [5.74, 6) is 3.91. The predicted molar refractivity (Wildman–Crippen MR) is 238 cm³/mol. The number of hydrogen-bond acceptors (Lipinski definition) is 7. The van der Waals surface area contributed by atoms with Crippen LogP contribution in [0.4, 0.5) is 0 Å². The third-order valence-corrected chi connectivity index (χ3v) is 16.2. The van der Waals surface area contributed by atoms with E-state index in [9.17, 15) is 0 Å². The molecule has 0 spiro atoms. The Kier molecular flexibility index (Phi) is 23.2. The molecular formula is C49H96N4O3. The first-order valence-corrected chi connectivity index (χ1v) is 25.0. The second-order valence-corrected chi connectivity index (χ2v) is 19.9. The average molecular weight is 789 g/mol. The molecule has 0 saturated heterocycles. The van der Waals surface area contributed by atoms with Crippen LogP contribution in [-0.2, 0) is 14.2 Å². The van der Waals surface area contributed by atoms with E-state index in [4.69, 9.17) is 31.4 Å². The standard InChI is InChI=1S/C49H96N4O3/c1-5-6-7-8-9-10-11-12-13-14-15-16-17-18-31-53-32-19-23-39(2)42-24-25-43-47-44(38-46(49(42,43)4)56-35-22-30-52)48(3)27-26-41(54-33-20-28-50)36-40(48)37-45(47)55-34-21-29-51/h39-47,53H,5-38,50-52H2,1-4H3/t39-,40?,41-,42-,43+,44+,45-,46+,47?,48?,49?/m1/s1. The number of unbranched alkanes of at least 4 members (excludes halogenated alkanes) is 13. The SMILES string of the molecule is CCCCCCCCCCCCCCCCNCCC[C@@H](C)[C@H]1CC[C@H]2C3[C@H](OCCCN)CC4C[C@H](OCCCN)CCC4(C)[C@H]3C[C@H](OCCCN)C12C. The summed E-state index contributed by atoms with van der Waals surface area (Å²) in [6, 6.07) is 0. The summed E-state index contributed by atoms with van der Waals surface area (Å²) in [6.07, 6.45) is 35.0. The summed E-state index contributed by atoms with van der Waals surface area (Å²) < 4.78 is 20.5. The van der Waals surface area contributed by atoms with Crippen LogP contribution in [0.3, 0.4) is 0 Å². The van der Waals surface area contributed by atoms with Gasteiger partial charge in [0.1, 0.15) is 0 Å². The van der Waals surface area contributed by atoms with Gasteiger partial charge in [0.15, 0.2) is 0 Å². The maximum absolute atomic E-state index is 7.07. The molecule has 0 aromatic rings. The van der Waals surface area contributed by atoms with Gasteiger partial charge in [-0.3, -0.25) is 0 Å². The minimum Gasteiger partial charge on any atom is -0.378 e. The van der Waals surface area contributed by atoms with E-state index in [0.29, 0.717) is 78.9 Å². The van der Waals surface area contributed by atoms with E-state index < -0.39 is 0 Å². The molecule has 4 aliphatic carbocycles. The lowest BCUT2D eigenvalue weighted by Crippen LogP contribution is -2.63. The summed E-state index contributed by atoms with van der Waals surface area (Å²) in [4.78, 5) is 0. The number of fused-ring (bicyclic) bond motifs is 5. The highest BCUT2D eigenvalue weighted by molar-refractivity contribution is 5.15. The third kappa shape index (κ3) is 13.9. The fourth-order valence-corrected chi connectivity index (χ4v) is 12.9. The van der Waals surface area contributed by atoms with Gasteiger partial charge in [0.2, 0.25) is 0 Å². The zero-order valence-electron chi connectivity index (χ0n) is 37.7. The third-order valence-electron chi connectivity index (χ3n) is 16.2. The molecule has 0 heterocycles. The minimum atomic E-state index is 0.179. The first-order valence-electron chi connectivity index (χ1n) is 25.0. The normalized spacial score (nSPS) is 33.3. The zero-order chi connectivity index (χ0) is 40.1. The molecule has 0 amide bonds. The van der Waals surface area contributed by atoms with Crippen LogP contribution >= 0.6 is 0 Å². The summed E-state index contributed by atoms with van der Waals surface area (Å²) in [7, 11) is 0. The second kappa shape index (κ2) is 26.8. The Hall–Kier alpha value is -0.280. The highest BCUT2D eigenvalue weighted by atomic mass is 16.5. The average Bonchev–Trinajstić information content (AvgIpc) is 3.56. The van der Waals surface area contributed by atoms with Gasteiger partial charge in [0, 0.05) is 25.2 Å². The molecule has 4 unspecified atom stereocenters. The van der Waals surface area contributed by atoms with Crippen LogP contribution < -0.4 is 22.5 Å². The van der Waals surface area contributed by atoms with Gasteiger partial charge in [-0.05, 0) is 157 Å². The van der Waals surface area contributed by atoms with Crippen molar-refractivity contribution in [2.24, 2.45) is 63.5 Å². The van der Waals surface area contributed by atoms with Crippen molar-refractivity contribution in [1.82, 2.24) is 5.32 Å². The maximum Gasteiger partial charge on any atom is 0.0637 e. The number of ether oxygens (including phenoxy) is 3. The Labute approximate surface area is 347 Å². The van der Waals surface area contributed by atoms with Crippen molar-refractivity contribution in [2.45, 2.75) is 213 Å². The van der Waals surface area contributed by atoms with Gasteiger partial charge < -0.3 is 36.7 Å². The van der Waals surface area contributed by atoms with Crippen LogP contribution in [0, 0.1) is 46.3 Å². The van der Waals surface area contributed by atoms with Gasteiger partial charge in [-0.2, -0.15) is 0 Å². The zero-order valence-corrected chi connectivity index (χ0v) is 37.7. The van der Waals surface area contributed by atoms with E-state index in [1.54, 1.807) is 0 Å². The Bertz CT molecular complexity index is 1000. The summed E-state index contributed by atoms with van der Waals surface area (Å²) in [5, 5.41) is 3.82. The number of nitrogens with two attached hydrogens (primary N) is 3. The lowest BCUT2D eigenvalue weighted by Gasteiger charge is -2.65. The largest absolute Gasteiger partial charge is 0.378 e. The van der Waals surface area contributed by atoms with Crippen LogP contribution in [-0.4, -0.2) is 70.9 Å². The Morgan fingerprint density at radius 3 is 1.80 bits per heavy atom. The molecule has 0 aromatic heterocycles. The molecule has 7 nitrogen and oxygen atoms in total. The van der Waals surface area contributed by atoms with Crippen molar-refractivity contribution in [3.8, 4) is 0 Å². The lowest BCUT2D eigenvalue weighted by atomic mass is 9.43. The van der Waals surface area contributed by atoms with Crippen LogP contribution in [0.5, 0.6) is 0 Å². The number of nitrogens with one attached hydrogen (secondary N) is 1. The lowest BCUT2D eigenvalue weighted by molar-refractivity contribution is -0.227. The van der Waals surface area contributed by atoms with Crippen LogP contribution in [0.2, 0.25) is 0 Å². The molecule has 56 heavy (non-hydrogen) atoms. The Morgan fingerprint density at radius 2 is 1.18 bits per heavy atom. The highest BCUT2D eigenvalue weighted by Crippen LogP contribution is 2.69. The van der Waals surface area contributed by atoms with E-state index in [1.807, 2.05) is 0 Å². The van der Waals surface area contributed by atoms with Gasteiger partial charge in [0.25, 0.3) is 0 Å². The van der Waals surface area contributed by atoms with Crippen molar-refractivity contribution in [3.63, 3.8) is 0 Å². The van der Waals surface area contributed by atoms with Crippen LogP contribution in [0.15, 0.2) is 0 Å². The van der Waals surface area contributed by atoms with E-state index >= 15 is 0 Å². The number of hydrogen-bond donors (Lipinski definition) is 4. The predicted octanol–water partition coefficient (Wildman–Crippen LogP) is 10.6.